The predicted molar refractivity (Wildman–Crippen MR) is 144 cm³/mol. The first kappa shape index (κ1) is 27.5. The highest BCUT2D eigenvalue weighted by Crippen LogP contribution is 2.34. The Labute approximate surface area is 234 Å². The van der Waals surface area contributed by atoms with Gasteiger partial charge in [-0.2, -0.15) is 5.10 Å². The van der Waals surface area contributed by atoms with Crippen molar-refractivity contribution in [1.82, 2.24) is 34.5 Å². The monoisotopic (exact) mass is 569 g/mol. The lowest BCUT2D eigenvalue weighted by Gasteiger charge is -2.33. The normalized spacial score (nSPS) is 14.5. The van der Waals surface area contributed by atoms with Crippen LogP contribution in [-0.2, 0) is 4.74 Å². The summed E-state index contributed by atoms with van der Waals surface area (Å²) in [5.41, 5.74) is 2.17. The van der Waals surface area contributed by atoms with Crippen LogP contribution in [0.3, 0.4) is 0 Å². The highest BCUT2D eigenvalue weighted by Gasteiger charge is 2.29. The van der Waals surface area contributed by atoms with Crippen molar-refractivity contribution in [2.24, 2.45) is 0 Å². The SMILES string of the molecule is Cc1c(-c2cc(OCC(=O)c3ccc(F)cn3)c3c(Cl)cnn3c2)nnn1C1CCN(C(=O)OC(C)(C)C)CC1. The second-order valence-corrected chi connectivity index (χ2v) is 11.0. The smallest absolute Gasteiger partial charge is 0.410 e. The number of carbonyl (C=O) groups excluding carboxylic acids is 2. The van der Waals surface area contributed by atoms with Crippen molar-refractivity contribution >= 4 is 29.0 Å². The van der Waals surface area contributed by atoms with Gasteiger partial charge in [0.1, 0.15) is 34.1 Å². The fourth-order valence-corrected chi connectivity index (χ4v) is 4.84. The van der Waals surface area contributed by atoms with Crippen LogP contribution in [-0.4, -0.2) is 71.7 Å². The van der Waals surface area contributed by atoms with Crippen LogP contribution in [0, 0.1) is 12.7 Å². The molecule has 0 radical (unpaired) electrons. The van der Waals surface area contributed by atoms with Crippen LogP contribution in [0.5, 0.6) is 5.75 Å². The van der Waals surface area contributed by atoms with Crippen molar-refractivity contribution in [3.05, 3.63) is 59.0 Å². The number of hydrogen-bond donors (Lipinski definition) is 0. The number of fused-ring (bicyclic) bond motifs is 1. The zero-order valence-corrected chi connectivity index (χ0v) is 23.4. The van der Waals surface area contributed by atoms with Crippen molar-refractivity contribution in [3.8, 4) is 17.0 Å². The number of likely N-dealkylation sites (tertiary alicyclic amines) is 1. The summed E-state index contributed by atoms with van der Waals surface area (Å²) in [5.74, 6) is -0.621. The maximum atomic E-state index is 13.2. The van der Waals surface area contributed by atoms with Crippen molar-refractivity contribution in [2.45, 2.75) is 52.2 Å². The quantitative estimate of drug-likeness (QED) is 0.300. The number of aromatic nitrogens is 6. The molecule has 210 valence electrons. The maximum absolute atomic E-state index is 13.2. The van der Waals surface area contributed by atoms with Gasteiger partial charge in [-0.05, 0) is 58.7 Å². The van der Waals surface area contributed by atoms with E-state index in [9.17, 15) is 14.0 Å². The molecule has 0 saturated carbocycles. The van der Waals surface area contributed by atoms with E-state index in [1.165, 1.54) is 18.3 Å². The van der Waals surface area contributed by atoms with E-state index in [1.807, 2.05) is 32.4 Å². The third kappa shape index (κ3) is 5.76. The van der Waals surface area contributed by atoms with Crippen LogP contribution in [0.15, 0.2) is 36.8 Å². The van der Waals surface area contributed by atoms with Gasteiger partial charge in [-0.1, -0.05) is 16.8 Å². The zero-order valence-electron chi connectivity index (χ0n) is 22.6. The van der Waals surface area contributed by atoms with Gasteiger partial charge in [0, 0.05) is 24.8 Å². The largest absolute Gasteiger partial charge is 0.483 e. The number of ketones is 1. The van der Waals surface area contributed by atoms with E-state index < -0.39 is 17.2 Å². The lowest BCUT2D eigenvalue weighted by molar-refractivity contribution is 0.0183. The molecule has 0 aliphatic carbocycles. The van der Waals surface area contributed by atoms with Crippen LogP contribution in [0.4, 0.5) is 9.18 Å². The third-order valence-corrected chi connectivity index (χ3v) is 6.84. The molecule has 0 atom stereocenters. The van der Waals surface area contributed by atoms with E-state index in [4.69, 9.17) is 21.1 Å². The number of carbonyl (C=O) groups is 2. The summed E-state index contributed by atoms with van der Waals surface area (Å²) >= 11 is 6.36. The van der Waals surface area contributed by atoms with E-state index in [0.717, 1.165) is 11.9 Å². The average molecular weight is 570 g/mol. The molecule has 0 unspecified atom stereocenters. The molecule has 5 heterocycles. The van der Waals surface area contributed by atoms with E-state index in [1.54, 1.807) is 21.7 Å². The number of hydrogen-bond acceptors (Lipinski definition) is 8. The molecule has 1 aliphatic heterocycles. The van der Waals surface area contributed by atoms with Crippen molar-refractivity contribution in [1.29, 1.82) is 0 Å². The number of halogens is 2. The molecule has 1 amide bonds. The lowest BCUT2D eigenvalue weighted by atomic mass is 10.0. The molecule has 0 aromatic carbocycles. The Balaban J connectivity index is 1.35. The number of ether oxygens (including phenoxy) is 2. The van der Waals surface area contributed by atoms with Gasteiger partial charge in [-0.15, -0.1) is 5.10 Å². The molecule has 0 bridgehead atoms. The van der Waals surface area contributed by atoms with Crippen LogP contribution in [0.2, 0.25) is 5.02 Å². The Morgan fingerprint density at radius 1 is 1.18 bits per heavy atom. The molecule has 0 N–H and O–H groups in total. The van der Waals surface area contributed by atoms with Crippen LogP contribution in [0.1, 0.15) is 55.8 Å². The standard InChI is InChI=1S/C27H29ClFN7O4/c1-16-24(32-33-36(16)19-7-9-34(10-8-19)26(38)40-27(2,3)4)17-11-23(25-20(28)13-31-35(25)14-17)39-15-22(37)21-6-5-18(29)12-30-21/h5-6,11-14,19H,7-10,15H2,1-4H3. The van der Waals surface area contributed by atoms with Crippen LogP contribution >= 0.6 is 11.6 Å². The third-order valence-electron chi connectivity index (χ3n) is 6.57. The minimum Gasteiger partial charge on any atom is -0.483 e. The van der Waals surface area contributed by atoms with Gasteiger partial charge in [-0.3, -0.25) is 4.79 Å². The van der Waals surface area contributed by atoms with E-state index >= 15 is 0 Å². The average Bonchev–Trinajstić information content (AvgIpc) is 3.49. The zero-order chi connectivity index (χ0) is 28.6. The first-order chi connectivity index (χ1) is 19.0. The minimum atomic E-state index is -0.543. The number of pyridine rings is 2. The number of rotatable bonds is 6. The lowest BCUT2D eigenvalue weighted by Crippen LogP contribution is -2.42. The van der Waals surface area contributed by atoms with Gasteiger partial charge < -0.3 is 14.4 Å². The molecule has 1 saturated heterocycles. The topological polar surface area (TPSA) is 117 Å². The van der Waals surface area contributed by atoms with Gasteiger partial charge in [0.05, 0.1) is 29.2 Å². The van der Waals surface area contributed by atoms with Gasteiger partial charge in [0.2, 0.25) is 5.78 Å². The molecule has 1 aliphatic rings. The molecule has 13 heteroatoms. The first-order valence-electron chi connectivity index (χ1n) is 12.8. The summed E-state index contributed by atoms with van der Waals surface area (Å²) in [7, 11) is 0. The highest BCUT2D eigenvalue weighted by atomic mass is 35.5. The Morgan fingerprint density at radius 3 is 2.60 bits per heavy atom. The molecule has 4 aromatic rings. The fourth-order valence-electron chi connectivity index (χ4n) is 4.62. The van der Waals surface area contributed by atoms with Crippen LogP contribution in [0.25, 0.3) is 16.8 Å². The van der Waals surface area contributed by atoms with E-state index in [2.05, 4.69) is 20.4 Å². The Bertz CT molecular complexity index is 1550. The van der Waals surface area contributed by atoms with Gasteiger partial charge >= 0.3 is 6.09 Å². The number of nitrogens with zero attached hydrogens (tertiary/aromatic N) is 7. The van der Waals surface area contributed by atoms with Crippen molar-refractivity contribution in [2.75, 3.05) is 19.7 Å². The predicted octanol–water partition coefficient (Wildman–Crippen LogP) is 4.92. The number of amides is 1. The molecule has 40 heavy (non-hydrogen) atoms. The van der Waals surface area contributed by atoms with E-state index in [0.29, 0.717) is 53.5 Å². The summed E-state index contributed by atoms with van der Waals surface area (Å²) in [5, 5.41) is 13.5. The summed E-state index contributed by atoms with van der Waals surface area (Å²) in [4.78, 5) is 30.6. The second kappa shape index (κ2) is 10.8. The summed E-state index contributed by atoms with van der Waals surface area (Å²) in [6, 6.07) is 4.28. The van der Waals surface area contributed by atoms with Gasteiger partial charge in [-0.25, -0.2) is 23.4 Å². The van der Waals surface area contributed by atoms with Crippen molar-refractivity contribution < 1.29 is 23.5 Å². The Kier molecular flexibility index (Phi) is 7.45. The van der Waals surface area contributed by atoms with E-state index in [-0.39, 0.29) is 24.4 Å². The summed E-state index contributed by atoms with van der Waals surface area (Å²) in [6.45, 7) is 8.26. The molecule has 11 nitrogen and oxygen atoms in total. The molecule has 0 spiro atoms. The number of Topliss-reactive ketones (excluding diaryl/α,β-unsaturated/α-hetero) is 1. The Morgan fingerprint density at radius 2 is 1.93 bits per heavy atom. The molecular weight excluding hydrogens is 541 g/mol. The molecule has 5 rings (SSSR count). The first-order valence-corrected chi connectivity index (χ1v) is 13.2. The second-order valence-electron chi connectivity index (χ2n) is 10.6. The summed E-state index contributed by atoms with van der Waals surface area (Å²) < 4.78 is 28.0. The van der Waals surface area contributed by atoms with Gasteiger partial charge in [0.25, 0.3) is 0 Å². The minimum absolute atomic E-state index is 0.0689. The van der Waals surface area contributed by atoms with Crippen molar-refractivity contribution in [3.63, 3.8) is 0 Å². The number of piperidine rings is 1. The molecule has 1 fully saturated rings. The molecule has 4 aromatic heterocycles. The highest BCUT2D eigenvalue weighted by molar-refractivity contribution is 6.34. The van der Waals surface area contributed by atoms with Gasteiger partial charge in [0.15, 0.2) is 6.61 Å². The summed E-state index contributed by atoms with van der Waals surface area (Å²) in [6.07, 6.45) is 5.35. The van der Waals surface area contributed by atoms with Crippen LogP contribution < -0.4 is 4.74 Å². The molecular formula is C27H29ClFN7O4. The Hall–Kier alpha value is -4.06. The maximum Gasteiger partial charge on any atom is 0.410 e. The fraction of sp³-hybridized carbons (Fsp3) is 0.407.